The first kappa shape index (κ1) is 21.0. The summed E-state index contributed by atoms with van der Waals surface area (Å²) in [5.74, 6) is 0.796. The summed E-state index contributed by atoms with van der Waals surface area (Å²) in [4.78, 5) is 18.9. The summed E-state index contributed by atoms with van der Waals surface area (Å²) in [6, 6.07) is 16.3. The Hall–Kier alpha value is -2.29. The third-order valence-corrected chi connectivity index (χ3v) is 6.67. The van der Waals surface area contributed by atoms with E-state index in [2.05, 4.69) is 46.2 Å². The lowest BCUT2D eigenvalue weighted by atomic mass is 10.0. The first-order chi connectivity index (χ1) is 14.6. The Labute approximate surface area is 186 Å². The van der Waals surface area contributed by atoms with Crippen molar-refractivity contribution in [2.75, 3.05) is 19.6 Å². The first-order valence-corrected chi connectivity index (χ1v) is 11.4. The second-order valence-corrected chi connectivity index (χ2v) is 8.81. The molecule has 0 radical (unpaired) electrons. The fourth-order valence-electron chi connectivity index (χ4n) is 3.64. The number of amides is 2. The number of para-hydroxylation sites is 1. The Morgan fingerprint density at radius 2 is 1.97 bits per heavy atom. The van der Waals surface area contributed by atoms with Gasteiger partial charge >= 0.3 is 6.03 Å². The van der Waals surface area contributed by atoms with E-state index in [0.29, 0.717) is 11.7 Å². The molecule has 1 aromatic heterocycles. The lowest BCUT2D eigenvalue weighted by molar-refractivity contribution is 0.159. The quantitative estimate of drug-likeness (QED) is 0.532. The van der Waals surface area contributed by atoms with Gasteiger partial charge in [-0.1, -0.05) is 48.4 Å². The van der Waals surface area contributed by atoms with Crippen molar-refractivity contribution in [1.29, 1.82) is 0 Å². The smallest absolute Gasteiger partial charge is 0.327 e. The SMILES string of the molecule is CCNC(=O)N(S)C1CCN(Cc2ccc(Oc3nc4ccccc4s3)cc2)CC1. The van der Waals surface area contributed by atoms with E-state index >= 15 is 0 Å². The van der Waals surface area contributed by atoms with Crippen LogP contribution in [-0.2, 0) is 6.54 Å². The third kappa shape index (κ3) is 5.06. The van der Waals surface area contributed by atoms with Crippen molar-refractivity contribution in [2.24, 2.45) is 0 Å². The molecule has 0 saturated carbocycles. The monoisotopic (exact) mass is 442 g/mol. The van der Waals surface area contributed by atoms with Gasteiger partial charge in [-0.15, -0.1) is 0 Å². The fraction of sp³-hybridized carbons (Fsp3) is 0.364. The van der Waals surface area contributed by atoms with Crippen LogP contribution >= 0.6 is 24.2 Å². The molecule has 6 nitrogen and oxygen atoms in total. The van der Waals surface area contributed by atoms with Gasteiger partial charge in [-0.25, -0.2) is 9.78 Å². The van der Waals surface area contributed by atoms with Crippen molar-refractivity contribution in [3.8, 4) is 10.9 Å². The maximum absolute atomic E-state index is 11.9. The van der Waals surface area contributed by atoms with E-state index in [-0.39, 0.29) is 12.1 Å². The summed E-state index contributed by atoms with van der Waals surface area (Å²) in [5.41, 5.74) is 2.21. The number of rotatable bonds is 6. The number of thiazole rings is 1. The highest BCUT2D eigenvalue weighted by molar-refractivity contribution is 7.78. The average molecular weight is 443 g/mol. The topological polar surface area (TPSA) is 57.7 Å². The highest BCUT2D eigenvalue weighted by Crippen LogP contribution is 2.31. The van der Waals surface area contributed by atoms with Crippen LogP contribution in [0.2, 0.25) is 0 Å². The number of carbonyl (C=O) groups is 1. The van der Waals surface area contributed by atoms with E-state index in [1.807, 2.05) is 37.3 Å². The van der Waals surface area contributed by atoms with Gasteiger partial charge in [-0.05, 0) is 49.6 Å². The summed E-state index contributed by atoms with van der Waals surface area (Å²) in [5, 5.41) is 3.47. The number of hydrogen-bond acceptors (Lipinski definition) is 6. The average Bonchev–Trinajstić information content (AvgIpc) is 3.17. The van der Waals surface area contributed by atoms with Crippen molar-refractivity contribution in [2.45, 2.75) is 32.4 Å². The summed E-state index contributed by atoms with van der Waals surface area (Å²) < 4.78 is 8.61. The van der Waals surface area contributed by atoms with Crippen LogP contribution in [0.1, 0.15) is 25.3 Å². The van der Waals surface area contributed by atoms with Gasteiger partial charge in [-0.2, -0.15) is 0 Å². The Bertz CT molecular complexity index is 951. The Morgan fingerprint density at radius 1 is 1.23 bits per heavy atom. The standard InChI is InChI=1S/C22H26N4O2S2/c1-2-23-21(27)26(29)17-11-13-25(14-12-17)15-16-7-9-18(10-8-16)28-22-24-19-5-3-4-6-20(19)30-22/h3-10,17,29H,2,11-15H2,1H3,(H,23,27). The Kier molecular flexibility index (Phi) is 6.76. The van der Waals surface area contributed by atoms with Crippen LogP contribution in [-0.4, -0.2) is 45.9 Å². The van der Waals surface area contributed by atoms with Gasteiger partial charge in [0.25, 0.3) is 5.19 Å². The number of thiol groups is 1. The zero-order chi connectivity index (χ0) is 20.9. The maximum Gasteiger partial charge on any atom is 0.327 e. The molecule has 0 aliphatic carbocycles. The second-order valence-electron chi connectivity index (χ2n) is 7.38. The molecule has 1 fully saturated rings. The molecule has 1 aliphatic rings. The molecule has 2 heterocycles. The number of likely N-dealkylation sites (tertiary alicyclic amines) is 1. The van der Waals surface area contributed by atoms with Crippen LogP contribution in [0.25, 0.3) is 10.2 Å². The van der Waals surface area contributed by atoms with Crippen LogP contribution in [0, 0.1) is 0 Å². The van der Waals surface area contributed by atoms with E-state index in [9.17, 15) is 4.79 Å². The molecule has 1 aliphatic heterocycles. The number of aromatic nitrogens is 1. The van der Waals surface area contributed by atoms with E-state index in [1.165, 1.54) is 5.56 Å². The number of hydrogen-bond donors (Lipinski definition) is 2. The molecule has 30 heavy (non-hydrogen) atoms. The molecule has 0 unspecified atom stereocenters. The van der Waals surface area contributed by atoms with Gasteiger partial charge in [0.05, 0.1) is 10.2 Å². The number of carbonyl (C=O) groups excluding carboxylic acids is 1. The number of piperidine rings is 1. The summed E-state index contributed by atoms with van der Waals surface area (Å²) in [6.45, 7) is 5.32. The molecule has 2 aromatic carbocycles. The number of fused-ring (bicyclic) bond motifs is 1. The minimum absolute atomic E-state index is 0.108. The molecule has 158 valence electrons. The molecular formula is C22H26N4O2S2. The highest BCUT2D eigenvalue weighted by atomic mass is 32.1. The van der Waals surface area contributed by atoms with Gasteiger partial charge < -0.3 is 10.1 Å². The number of nitrogens with zero attached hydrogens (tertiary/aromatic N) is 3. The van der Waals surface area contributed by atoms with Crippen LogP contribution in [0.5, 0.6) is 10.9 Å². The number of nitrogens with one attached hydrogen (secondary N) is 1. The van der Waals surface area contributed by atoms with Gasteiger partial charge in [0.15, 0.2) is 0 Å². The second kappa shape index (κ2) is 9.68. The summed E-state index contributed by atoms with van der Waals surface area (Å²) in [7, 11) is 0. The third-order valence-electron chi connectivity index (χ3n) is 5.25. The van der Waals surface area contributed by atoms with Crippen molar-refractivity contribution in [3.63, 3.8) is 0 Å². The minimum atomic E-state index is -0.108. The van der Waals surface area contributed by atoms with Gasteiger partial charge in [0.1, 0.15) is 5.75 Å². The van der Waals surface area contributed by atoms with Crippen LogP contribution < -0.4 is 10.1 Å². The molecule has 3 aromatic rings. The maximum atomic E-state index is 11.9. The van der Waals surface area contributed by atoms with Gasteiger partial charge in [0.2, 0.25) is 0 Å². The van der Waals surface area contributed by atoms with E-state index in [1.54, 1.807) is 15.6 Å². The highest BCUT2D eigenvalue weighted by Gasteiger charge is 2.25. The predicted octanol–water partition coefficient (Wildman–Crippen LogP) is 4.93. The number of urea groups is 1. The molecular weight excluding hydrogens is 416 g/mol. The molecule has 4 rings (SSSR count). The molecule has 2 amide bonds. The lowest BCUT2D eigenvalue weighted by Gasteiger charge is -2.35. The molecule has 0 atom stereocenters. The van der Waals surface area contributed by atoms with Gasteiger partial charge in [-0.3, -0.25) is 9.21 Å². The van der Waals surface area contributed by atoms with Crippen LogP contribution in [0.15, 0.2) is 48.5 Å². The predicted molar refractivity (Wildman–Crippen MR) is 124 cm³/mol. The first-order valence-electron chi connectivity index (χ1n) is 10.2. The van der Waals surface area contributed by atoms with Gasteiger partial charge in [0, 0.05) is 32.2 Å². The van der Waals surface area contributed by atoms with Crippen molar-refractivity contribution >= 4 is 40.4 Å². The summed E-state index contributed by atoms with van der Waals surface area (Å²) in [6.07, 6.45) is 1.86. The normalized spacial score (nSPS) is 15.3. The van der Waals surface area contributed by atoms with Crippen LogP contribution in [0.4, 0.5) is 4.79 Å². The zero-order valence-corrected chi connectivity index (χ0v) is 18.7. The largest absolute Gasteiger partial charge is 0.431 e. The Morgan fingerprint density at radius 3 is 2.67 bits per heavy atom. The van der Waals surface area contributed by atoms with Crippen molar-refractivity contribution < 1.29 is 9.53 Å². The van der Waals surface area contributed by atoms with Crippen molar-refractivity contribution in [3.05, 3.63) is 54.1 Å². The van der Waals surface area contributed by atoms with Crippen molar-refractivity contribution in [1.82, 2.24) is 19.5 Å². The summed E-state index contributed by atoms with van der Waals surface area (Å²) >= 11 is 5.94. The molecule has 1 N–H and O–H groups in total. The Balaban J connectivity index is 1.28. The molecule has 0 spiro atoms. The lowest BCUT2D eigenvalue weighted by Crippen LogP contribution is -2.46. The zero-order valence-electron chi connectivity index (χ0n) is 17.0. The molecule has 0 bridgehead atoms. The van der Waals surface area contributed by atoms with E-state index in [0.717, 1.165) is 48.4 Å². The van der Waals surface area contributed by atoms with E-state index < -0.39 is 0 Å². The fourth-order valence-corrected chi connectivity index (χ4v) is 4.77. The molecule has 1 saturated heterocycles. The molecule has 8 heteroatoms. The number of benzene rings is 2. The number of ether oxygens (including phenoxy) is 1. The minimum Gasteiger partial charge on any atom is -0.431 e. The van der Waals surface area contributed by atoms with E-state index in [4.69, 9.17) is 4.74 Å². The van der Waals surface area contributed by atoms with Crippen LogP contribution in [0.3, 0.4) is 0 Å².